The molecule has 7 atom stereocenters. The zero-order chi connectivity index (χ0) is 65.6. The highest BCUT2D eigenvalue weighted by Gasteiger charge is 2.40. The minimum absolute atomic E-state index is 0.0645. The van der Waals surface area contributed by atoms with Crippen molar-refractivity contribution in [1.29, 1.82) is 0 Å². The van der Waals surface area contributed by atoms with Crippen molar-refractivity contribution in [2.45, 2.75) is 151 Å². The van der Waals surface area contributed by atoms with Gasteiger partial charge >= 0.3 is 0 Å². The molecule has 2 bridgehead atoms. The molecule has 1 saturated heterocycles. The summed E-state index contributed by atoms with van der Waals surface area (Å²) >= 11 is 3.14. The molecule has 1 aromatic heterocycles. The predicted octanol–water partition coefficient (Wildman–Crippen LogP) is 6.56. The second kappa shape index (κ2) is 35.8. The summed E-state index contributed by atoms with van der Waals surface area (Å²) in [6.07, 6.45) is 9.48. The van der Waals surface area contributed by atoms with E-state index in [1.807, 2.05) is 54.7 Å². The Bertz CT molecular complexity index is 3280. The number of nitrogens with one attached hydrogen (secondary N) is 4. The number of carbonyl (C=O) groups excluding carboxylic acids is 8. The van der Waals surface area contributed by atoms with Crippen LogP contribution in [0.3, 0.4) is 0 Å². The van der Waals surface area contributed by atoms with Crippen molar-refractivity contribution in [1.82, 2.24) is 45.4 Å². The maximum absolute atomic E-state index is 15.2. The van der Waals surface area contributed by atoms with Crippen LogP contribution in [-0.2, 0) is 75.5 Å². The van der Waals surface area contributed by atoms with Gasteiger partial charge in [-0.25, -0.2) is 0 Å². The van der Waals surface area contributed by atoms with Crippen LogP contribution in [-0.4, -0.2) is 186 Å². The molecule has 7 rings (SSSR count). The van der Waals surface area contributed by atoms with Crippen molar-refractivity contribution in [2.75, 3.05) is 73.0 Å². The van der Waals surface area contributed by atoms with Gasteiger partial charge in [-0.2, -0.15) is 23.5 Å². The Morgan fingerprint density at radius 1 is 0.824 bits per heavy atom. The summed E-state index contributed by atoms with van der Waals surface area (Å²) in [6, 6.07) is 24.3. The molecule has 5 aromatic rings. The molecule has 2 aliphatic rings. The molecule has 6 N–H and O–H groups in total. The summed E-state index contributed by atoms with van der Waals surface area (Å²) < 4.78 is 5.44. The number of carbonyl (C=O) groups is 8. The van der Waals surface area contributed by atoms with Crippen molar-refractivity contribution in [3.8, 4) is 5.75 Å². The Morgan fingerprint density at radius 2 is 1.53 bits per heavy atom. The molecule has 22 heteroatoms. The van der Waals surface area contributed by atoms with E-state index in [1.165, 1.54) is 37.6 Å². The van der Waals surface area contributed by atoms with Crippen LogP contribution in [0.15, 0.2) is 97.2 Å². The Kier molecular flexibility index (Phi) is 28.1. The molecule has 3 heterocycles. The topological polar surface area (TPSA) is 240 Å². The fourth-order valence-corrected chi connectivity index (χ4v) is 13.9. The molecule has 0 saturated carbocycles. The number of benzene rings is 4. The van der Waals surface area contributed by atoms with E-state index in [2.05, 4.69) is 60.5 Å². The number of thioether (sulfide) groups is 2. The number of piperidine rings is 1. The summed E-state index contributed by atoms with van der Waals surface area (Å²) in [4.78, 5) is 125. The Labute approximate surface area is 548 Å². The summed E-state index contributed by atoms with van der Waals surface area (Å²) in [5.41, 5.74) is 12.6. The lowest BCUT2D eigenvalue weighted by atomic mass is 9.97. The first-order valence-corrected chi connectivity index (χ1v) is 34.9. The molecule has 19 nitrogen and oxygen atoms in total. The van der Waals surface area contributed by atoms with E-state index in [0.717, 1.165) is 76.3 Å². The fourth-order valence-electron chi connectivity index (χ4n) is 11.8. The number of hydrogen-bond donors (Lipinski definition) is 5. The van der Waals surface area contributed by atoms with Crippen LogP contribution >= 0.6 is 32.8 Å². The Balaban J connectivity index is 1.00. The van der Waals surface area contributed by atoms with Gasteiger partial charge in [-0.15, -0.1) is 9.24 Å². The van der Waals surface area contributed by atoms with Gasteiger partial charge in [-0.3, -0.25) is 38.4 Å². The average Bonchev–Trinajstić information content (AvgIpc) is 2.04. The minimum Gasteiger partial charge on any atom is -0.497 e. The highest BCUT2D eigenvalue weighted by Crippen LogP contribution is 2.26. The largest absolute Gasteiger partial charge is 0.497 e. The van der Waals surface area contributed by atoms with Gasteiger partial charge in [0.25, 0.3) is 0 Å². The number of aromatic amines is 1. The molecule has 492 valence electrons. The standard InChI is InChI=1S/C69H95N10O9PS2/c1-8-56(73-64(82)58-45-91-44-51-22-16-21-50(38-51)43-90-36-31-63(81)77(5)60(66(84)74-58)40-52-42-72-57-30-29-54(89)41-55(52)57)68(86)78(6)61(39-49-25-27-53(88-7)28-26-49)69(87)79-34-14-12-23-59(79)65(83)71-33-13-11-18-48-20-15-19-47(37-48)17-9-10-24-62(80)76(4)46(2)67(85)75(3)35-32-70/h15-16,19-22,25-30,37-38,41-42,46,56,58-61,72H,8-14,17-18,23-24,31-36,39-40,43-45,70,89H2,1-7H3,(H,71,83)(H,73,82)(H,74,84)/t46-,56-,58-,59-,60-,61-/m0/s1. The fraction of sp³-hybridized carbons (Fsp3) is 0.507. The van der Waals surface area contributed by atoms with Crippen molar-refractivity contribution < 1.29 is 43.1 Å². The lowest BCUT2D eigenvalue weighted by Crippen LogP contribution is -2.61. The van der Waals surface area contributed by atoms with Crippen LogP contribution in [0.25, 0.3) is 10.9 Å². The molecule has 1 fully saturated rings. The first kappa shape index (κ1) is 71.5. The molecule has 2 aliphatic heterocycles. The quantitative estimate of drug-likeness (QED) is 0.0292. The second-order valence-corrected chi connectivity index (χ2v) is 26.9. The summed E-state index contributed by atoms with van der Waals surface area (Å²) in [6.45, 7) is 5.06. The van der Waals surface area contributed by atoms with Gasteiger partial charge in [-0.05, 0) is 134 Å². The van der Waals surface area contributed by atoms with Gasteiger partial charge in [0.15, 0.2) is 0 Å². The van der Waals surface area contributed by atoms with Crippen LogP contribution in [0.1, 0.15) is 111 Å². The number of aryl methyl sites for hydroxylation is 2. The van der Waals surface area contributed by atoms with Gasteiger partial charge in [0.2, 0.25) is 47.3 Å². The predicted molar refractivity (Wildman–Crippen MR) is 367 cm³/mol. The molecule has 0 aliphatic carbocycles. The maximum Gasteiger partial charge on any atom is 0.246 e. The number of nitrogens with zero attached hydrogens (tertiary/aromatic N) is 5. The van der Waals surface area contributed by atoms with Crippen molar-refractivity contribution in [2.24, 2.45) is 5.73 Å². The third-order valence-electron chi connectivity index (χ3n) is 17.5. The number of methoxy groups -OCH3 is 1. The first-order valence-electron chi connectivity index (χ1n) is 32.0. The van der Waals surface area contributed by atoms with Gasteiger partial charge in [-0.1, -0.05) is 73.7 Å². The molecule has 0 radical (unpaired) electrons. The number of aromatic nitrogens is 1. The van der Waals surface area contributed by atoms with E-state index in [-0.39, 0.29) is 61.0 Å². The molecular formula is C69H95N10O9PS2. The van der Waals surface area contributed by atoms with Crippen LogP contribution in [0, 0.1) is 0 Å². The Morgan fingerprint density at radius 3 is 2.23 bits per heavy atom. The van der Waals surface area contributed by atoms with Crippen molar-refractivity contribution in [3.05, 3.63) is 131 Å². The summed E-state index contributed by atoms with van der Waals surface area (Å²) in [7, 11) is 10.8. The van der Waals surface area contributed by atoms with E-state index in [9.17, 15) is 28.8 Å². The minimum atomic E-state index is -1.12. The number of likely N-dealkylation sites (N-methyl/N-ethyl adjacent to an activating group) is 4. The second-order valence-electron chi connectivity index (χ2n) is 24.1. The highest BCUT2D eigenvalue weighted by atomic mass is 32.2. The van der Waals surface area contributed by atoms with E-state index < -0.39 is 54.0 Å². The zero-order valence-electron chi connectivity index (χ0n) is 54.1. The third-order valence-corrected chi connectivity index (χ3v) is 20.0. The lowest BCUT2D eigenvalue weighted by molar-refractivity contribution is -0.151. The smallest absolute Gasteiger partial charge is 0.246 e. The number of likely N-dealkylation sites (tertiary alicyclic amines) is 1. The summed E-state index contributed by atoms with van der Waals surface area (Å²) in [5, 5.41) is 11.0. The monoisotopic (exact) mass is 1300 g/mol. The maximum atomic E-state index is 15.2. The average molecular weight is 1300 g/mol. The van der Waals surface area contributed by atoms with E-state index >= 15 is 9.59 Å². The number of hydrogen-bond acceptors (Lipinski definition) is 12. The highest BCUT2D eigenvalue weighted by molar-refractivity contribution is 7.98. The van der Waals surface area contributed by atoms with Crippen LogP contribution < -0.4 is 31.7 Å². The number of H-pyrrole nitrogens is 1. The normalized spacial score (nSPS) is 17.7. The SMILES string of the molecule is CC[C@H](NC(=O)[C@@H]1CSCc2cccc(c2)CSCCC(=O)N(C)[C@@H](Cc2c[nH]c3ccc(P)cc23)C(=O)N1)C(=O)N(C)[C@@H](Cc1ccc(OC)cc1)C(=O)N1CCCC[C@H]1C(=O)NCCCCc1cccc(CCCCC(=O)N(C)[C@@H](C)C(=O)N(C)CCN)c1. The molecule has 1 unspecified atom stereocenters. The molecule has 4 aromatic carbocycles. The lowest BCUT2D eigenvalue weighted by Gasteiger charge is -2.39. The number of nitrogens with two attached hydrogens (primary N) is 1. The van der Waals surface area contributed by atoms with Crippen LogP contribution in [0.4, 0.5) is 0 Å². The van der Waals surface area contributed by atoms with Crippen molar-refractivity contribution in [3.63, 3.8) is 0 Å². The van der Waals surface area contributed by atoms with E-state index in [1.54, 1.807) is 82.8 Å². The Hall–Kier alpha value is -6.93. The number of amides is 8. The van der Waals surface area contributed by atoms with Gasteiger partial charge in [0, 0.05) is 120 Å². The number of rotatable bonds is 26. The van der Waals surface area contributed by atoms with Crippen molar-refractivity contribution >= 4 is 96.2 Å². The van der Waals surface area contributed by atoms with E-state index in [0.29, 0.717) is 75.5 Å². The van der Waals surface area contributed by atoms with Gasteiger partial charge in [0.1, 0.15) is 42.0 Å². The third kappa shape index (κ3) is 20.5. The number of unbranched alkanes of at least 4 members (excludes halogenated alkanes) is 2. The number of ether oxygens (including phenoxy) is 1. The molecular weight excluding hydrogens is 1210 g/mol. The van der Waals surface area contributed by atoms with Crippen LogP contribution in [0.2, 0.25) is 0 Å². The van der Waals surface area contributed by atoms with Crippen LogP contribution in [0.5, 0.6) is 5.75 Å². The first-order chi connectivity index (χ1) is 43.8. The molecule has 91 heavy (non-hydrogen) atoms. The van der Waals surface area contributed by atoms with Gasteiger partial charge in [0.05, 0.1) is 7.11 Å². The summed E-state index contributed by atoms with van der Waals surface area (Å²) in [5.74, 6) is -0.00505. The number of fused-ring (bicyclic) bond motifs is 3. The molecule has 0 spiro atoms. The van der Waals surface area contributed by atoms with E-state index in [4.69, 9.17) is 10.5 Å². The molecule has 8 amide bonds. The van der Waals surface area contributed by atoms with Gasteiger partial charge < -0.3 is 55.9 Å². The zero-order valence-corrected chi connectivity index (χ0v) is 56.9.